The maximum absolute atomic E-state index is 12.3. The minimum Gasteiger partial charge on any atom is -0.353 e. The van der Waals surface area contributed by atoms with Crippen molar-refractivity contribution in [2.45, 2.75) is 65.0 Å². The Morgan fingerprint density at radius 2 is 1.91 bits per heavy atom. The summed E-state index contributed by atoms with van der Waals surface area (Å²) in [7, 11) is 0. The van der Waals surface area contributed by atoms with Crippen molar-refractivity contribution >= 4 is 18.3 Å². The van der Waals surface area contributed by atoms with Crippen LogP contribution in [0.1, 0.15) is 57.6 Å². The lowest BCUT2D eigenvalue weighted by molar-refractivity contribution is -0.126. The van der Waals surface area contributed by atoms with Crippen LogP contribution in [0.15, 0.2) is 24.3 Å². The SMILES string of the molecule is CC(Cc1ccc(C(C)C)cc1)NC(=O)[C@H]1CCN[C@@H](C)C1.Cl. The van der Waals surface area contributed by atoms with Gasteiger partial charge in [0.25, 0.3) is 0 Å². The standard InChI is InChI=1S/C19H30N2O.ClH/c1-13(2)17-7-5-16(6-8-17)11-15(4)21-19(22)18-9-10-20-14(3)12-18;/h5-8,13-15,18,20H,9-12H2,1-4H3,(H,21,22);1H/t14-,15?,18-;/m0./s1. The Bertz CT molecular complexity index is 487. The summed E-state index contributed by atoms with van der Waals surface area (Å²) in [6.45, 7) is 9.61. The van der Waals surface area contributed by atoms with Crippen molar-refractivity contribution in [2.24, 2.45) is 5.92 Å². The molecule has 23 heavy (non-hydrogen) atoms. The fraction of sp³-hybridized carbons (Fsp3) is 0.632. The van der Waals surface area contributed by atoms with E-state index in [-0.39, 0.29) is 30.3 Å². The van der Waals surface area contributed by atoms with Crippen molar-refractivity contribution in [1.82, 2.24) is 10.6 Å². The van der Waals surface area contributed by atoms with Crippen LogP contribution in [0.3, 0.4) is 0 Å². The summed E-state index contributed by atoms with van der Waals surface area (Å²) in [6, 6.07) is 9.40. The number of carbonyl (C=O) groups excluding carboxylic acids is 1. The highest BCUT2D eigenvalue weighted by atomic mass is 35.5. The summed E-state index contributed by atoms with van der Waals surface area (Å²) in [5.74, 6) is 0.953. The normalized spacial score (nSPS) is 22.3. The summed E-state index contributed by atoms with van der Waals surface area (Å²) in [4.78, 5) is 12.3. The smallest absolute Gasteiger partial charge is 0.223 e. The predicted molar refractivity (Wildman–Crippen MR) is 99.3 cm³/mol. The van der Waals surface area contributed by atoms with Crippen LogP contribution < -0.4 is 10.6 Å². The average molecular weight is 339 g/mol. The fourth-order valence-corrected chi connectivity index (χ4v) is 3.17. The summed E-state index contributed by atoms with van der Waals surface area (Å²) in [6.07, 6.45) is 2.79. The lowest BCUT2D eigenvalue weighted by atomic mass is 9.92. The molecule has 0 aromatic heterocycles. The van der Waals surface area contributed by atoms with E-state index in [4.69, 9.17) is 0 Å². The molecule has 1 saturated heterocycles. The Morgan fingerprint density at radius 3 is 2.48 bits per heavy atom. The molecule has 1 amide bonds. The lowest BCUT2D eigenvalue weighted by Gasteiger charge is -2.28. The van der Waals surface area contributed by atoms with Crippen LogP contribution in [0.2, 0.25) is 0 Å². The van der Waals surface area contributed by atoms with Gasteiger partial charge in [-0.05, 0) is 56.7 Å². The number of halogens is 1. The van der Waals surface area contributed by atoms with Gasteiger partial charge >= 0.3 is 0 Å². The molecule has 2 rings (SSSR count). The van der Waals surface area contributed by atoms with Crippen LogP contribution in [0.5, 0.6) is 0 Å². The molecule has 3 nitrogen and oxygen atoms in total. The lowest BCUT2D eigenvalue weighted by Crippen LogP contribution is -2.45. The molecule has 0 aliphatic carbocycles. The number of nitrogens with one attached hydrogen (secondary N) is 2. The van der Waals surface area contributed by atoms with E-state index in [1.54, 1.807) is 0 Å². The fourth-order valence-electron chi connectivity index (χ4n) is 3.17. The summed E-state index contributed by atoms with van der Waals surface area (Å²) in [5.41, 5.74) is 2.65. The number of carbonyl (C=O) groups is 1. The van der Waals surface area contributed by atoms with E-state index in [2.05, 4.69) is 62.6 Å². The van der Waals surface area contributed by atoms with E-state index in [0.29, 0.717) is 12.0 Å². The second kappa shape index (κ2) is 9.29. The van der Waals surface area contributed by atoms with Gasteiger partial charge in [-0.25, -0.2) is 0 Å². The minimum absolute atomic E-state index is 0. The Kier molecular flexibility index (Phi) is 8.07. The van der Waals surface area contributed by atoms with Gasteiger partial charge in [0.1, 0.15) is 0 Å². The van der Waals surface area contributed by atoms with Crippen molar-refractivity contribution < 1.29 is 4.79 Å². The quantitative estimate of drug-likeness (QED) is 0.860. The molecule has 1 fully saturated rings. The van der Waals surface area contributed by atoms with Gasteiger partial charge in [-0.2, -0.15) is 0 Å². The molecule has 4 heteroatoms. The number of rotatable bonds is 5. The molecule has 3 atom stereocenters. The third-order valence-electron chi connectivity index (χ3n) is 4.57. The Balaban J connectivity index is 0.00000264. The third-order valence-corrected chi connectivity index (χ3v) is 4.57. The van der Waals surface area contributed by atoms with E-state index >= 15 is 0 Å². The van der Waals surface area contributed by atoms with Crippen molar-refractivity contribution in [1.29, 1.82) is 0 Å². The summed E-state index contributed by atoms with van der Waals surface area (Å²) < 4.78 is 0. The topological polar surface area (TPSA) is 41.1 Å². The molecule has 1 aliphatic heterocycles. The second-order valence-electron chi connectivity index (χ2n) is 7.09. The zero-order valence-corrected chi connectivity index (χ0v) is 15.6. The molecule has 0 radical (unpaired) electrons. The van der Waals surface area contributed by atoms with Gasteiger partial charge < -0.3 is 10.6 Å². The van der Waals surface area contributed by atoms with Crippen LogP contribution in [0.4, 0.5) is 0 Å². The van der Waals surface area contributed by atoms with Gasteiger partial charge in [0, 0.05) is 18.0 Å². The molecular formula is C19H31ClN2O. The van der Waals surface area contributed by atoms with Gasteiger partial charge in [-0.15, -0.1) is 12.4 Å². The first kappa shape index (κ1) is 20.0. The van der Waals surface area contributed by atoms with Crippen molar-refractivity contribution in [3.63, 3.8) is 0 Å². The molecule has 1 unspecified atom stereocenters. The molecule has 1 heterocycles. The predicted octanol–water partition coefficient (Wildman–Crippen LogP) is 3.67. The molecular weight excluding hydrogens is 308 g/mol. The van der Waals surface area contributed by atoms with Crippen LogP contribution in [-0.4, -0.2) is 24.5 Å². The minimum atomic E-state index is 0. The zero-order chi connectivity index (χ0) is 16.1. The highest BCUT2D eigenvalue weighted by Crippen LogP contribution is 2.17. The van der Waals surface area contributed by atoms with E-state index in [0.717, 1.165) is 25.8 Å². The molecule has 0 saturated carbocycles. The molecule has 0 bridgehead atoms. The summed E-state index contributed by atoms with van der Waals surface area (Å²) >= 11 is 0. The van der Waals surface area contributed by atoms with Crippen LogP contribution in [0.25, 0.3) is 0 Å². The Labute approximate surface area is 147 Å². The zero-order valence-electron chi connectivity index (χ0n) is 14.8. The first-order valence-corrected chi connectivity index (χ1v) is 8.58. The maximum Gasteiger partial charge on any atom is 0.223 e. The molecule has 1 aliphatic rings. The van der Waals surface area contributed by atoms with Crippen molar-refractivity contribution in [2.75, 3.05) is 6.54 Å². The van der Waals surface area contributed by atoms with E-state index in [1.165, 1.54) is 11.1 Å². The van der Waals surface area contributed by atoms with Gasteiger partial charge in [-0.3, -0.25) is 4.79 Å². The number of hydrogen-bond acceptors (Lipinski definition) is 2. The highest BCUT2D eigenvalue weighted by molar-refractivity contribution is 5.85. The largest absolute Gasteiger partial charge is 0.353 e. The van der Waals surface area contributed by atoms with Crippen molar-refractivity contribution in [3.8, 4) is 0 Å². The van der Waals surface area contributed by atoms with Gasteiger partial charge in [0.05, 0.1) is 0 Å². The van der Waals surface area contributed by atoms with Crippen LogP contribution in [-0.2, 0) is 11.2 Å². The second-order valence-corrected chi connectivity index (χ2v) is 7.09. The molecule has 130 valence electrons. The molecule has 2 N–H and O–H groups in total. The maximum atomic E-state index is 12.3. The van der Waals surface area contributed by atoms with E-state index in [9.17, 15) is 4.79 Å². The van der Waals surface area contributed by atoms with E-state index in [1.807, 2.05) is 0 Å². The van der Waals surface area contributed by atoms with Gasteiger partial charge in [-0.1, -0.05) is 38.1 Å². The number of piperidine rings is 1. The number of amides is 1. The van der Waals surface area contributed by atoms with Crippen LogP contribution in [0, 0.1) is 5.92 Å². The molecule has 0 spiro atoms. The first-order valence-electron chi connectivity index (χ1n) is 8.58. The number of benzene rings is 1. The average Bonchev–Trinajstić information content (AvgIpc) is 2.47. The van der Waals surface area contributed by atoms with Crippen LogP contribution >= 0.6 is 12.4 Å². The Morgan fingerprint density at radius 1 is 1.26 bits per heavy atom. The third kappa shape index (κ3) is 6.15. The summed E-state index contributed by atoms with van der Waals surface area (Å²) in [5, 5.41) is 6.58. The molecule has 1 aromatic rings. The first-order chi connectivity index (χ1) is 10.5. The highest BCUT2D eigenvalue weighted by Gasteiger charge is 2.25. The van der Waals surface area contributed by atoms with E-state index < -0.39 is 0 Å². The molecule has 1 aromatic carbocycles. The monoisotopic (exact) mass is 338 g/mol. The van der Waals surface area contributed by atoms with Crippen molar-refractivity contribution in [3.05, 3.63) is 35.4 Å². The van der Waals surface area contributed by atoms with Gasteiger partial charge in [0.15, 0.2) is 0 Å². The van der Waals surface area contributed by atoms with Gasteiger partial charge in [0.2, 0.25) is 5.91 Å². The number of hydrogen-bond donors (Lipinski definition) is 2. The Hall–Kier alpha value is -1.06.